The summed E-state index contributed by atoms with van der Waals surface area (Å²) < 4.78 is 5.24. The Morgan fingerprint density at radius 3 is 2.56 bits per heavy atom. The van der Waals surface area contributed by atoms with E-state index in [0.717, 1.165) is 6.21 Å². The molecule has 0 aromatic heterocycles. The van der Waals surface area contributed by atoms with E-state index in [1.54, 1.807) is 7.05 Å². The first-order valence-electron chi connectivity index (χ1n) is 4.95. The highest BCUT2D eigenvalue weighted by Crippen LogP contribution is 2.09. The van der Waals surface area contributed by atoms with Gasteiger partial charge in [0, 0.05) is 26.4 Å². The van der Waals surface area contributed by atoms with E-state index in [-0.39, 0.29) is 5.90 Å². The van der Waals surface area contributed by atoms with Crippen LogP contribution in [0.15, 0.2) is 11.4 Å². The Bertz CT molecular complexity index is 296. The summed E-state index contributed by atoms with van der Waals surface area (Å²) in [7, 11) is 1.73. The molecular weight excluding hydrogens is 210 g/mol. The Labute approximate surface area is 94.2 Å². The molecule has 1 saturated heterocycles. The lowest BCUT2D eigenvalue weighted by Crippen LogP contribution is -2.41. The van der Waals surface area contributed by atoms with Gasteiger partial charge in [-0.25, -0.2) is 0 Å². The summed E-state index contributed by atoms with van der Waals surface area (Å²) in [6.45, 7) is 2.69. The monoisotopic (exact) mass is 227 g/mol. The van der Waals surface area contributed by atoms with Gasteiger partial charge in [-0.3, -0.25) is 5.41 Å². The van der Waals surface area contributed by atoms with E-state index in [1.807, 2.05) is 4.90 Å². The molecule has 5 N–H and O–H groups in total. The fraction of sp³-hybridized carbons (Fsp3) is 0.556. The van der Waals surface area contributed by atoms with Crippen LogP contribution in [0.4, 0.5) is 0 Å². The summed E-state index contributed by atoms with van der Waals surface area (Å²) in [5, 5.41) is 17.7. The topological polar surface area (TPSA) is 107 Å². The first-order valence-corrected chi connectivity index (χ1v) is 4.95. The lowest BCUT2D eigenvalue weighted by atomic mass is 10.2. The van der Waals surface area contributed by atoms with Crippen molar-refractivity contribution in [3.05, 3.63) is 11.4 Å². The molecule has 0 spiro atoms. The fourth-order valence-corrected chi connectivity index (χ4v) is 1.56. The Morgan fingerprint density at radius 1 is 1.50 bits per heavy atom. The van der Waals surface area contributed by atoms with Crippen LogP contribution in [0.5, 0.6) is 0 Å². The second-order valence-electron chi connectivity index (χ2n) is 3.20. The zero-order valence-electron chi connectivity index (χ0n) is 9.25. The summed E-state index contributed by atoms with van der Waals surface area (Å²) in [5.41, 5.74) is 0.326. The molecule has 0 unspecified atom stereocenters. The van der Waals surface area contributed by atoms with Gasteiger partial charge in [-0.2, -0.15) is 5.90 Å². The van der Waals surface area contributed by atoms with Crippen LogP contribution < -0.4 is 11.2 Å². The summed E-state index contributed by atoms with van der Waals surface area (Å²) >= 11 is 0. The van der Waals surface area contributed by atoms with Crippen molar-refractivity contribution in [2.24, 2.45) is 5.90 Å². The Balaban J connectivity index is 2.94. The summed E-state index contributed by atoms with van der Waals surface area (Å²) in [5.74, 6) is 5.37. The first-order chi connectivity index (χ1) is 7.74. The minimum atomic E-state index is -0.231. The van der Waals surface area contributed by atoms with Crippen LogP contribution in [-0.2, 0) is 9.57 Å². The van der Waals surface area contributed by atoms with E-state index in [0.29, 0.717) is 37.7 Å². The number of morpholine rings is 1. The van der Waals surface area contributed by atoms with E-state index in [1.165, 1.54) is 0 Å². The smallest absolute Gasteiger partial charge is 0.242 e. The van der Waals surface area contributed by atoms with Crippen molar-refractivity contribution in [2.45, 2.75) is 0 Å². The third-order valence-electron chi connectivity index (χ3n) is 2.33. The zero-order valence-corrected chi connectivity index (χ0v) is 9.25. The molecule has 7 nitrogen and oxygen atoms in total. The summed E-state index contributed by atoms with van der Waals surface area (Å²) in [6.07, 6.45) is 1.05. The van der Waals surface area contributed by atoms with Crippen LogP contribution >= 0.6 is 0 Å². The number of ether oxygens (including phenoxy) is 1. The molecule has 1 heterocycles. The minimum Gasteiger partial charge on any atom is -0.391 e. The number of rotatable bonds is 4. The molecule has 90 valence electrons. The van der Waals surface area contributed by atoms with Crippen molar-refractivity contribution in [1.82, 2.24) is 10.2 Å². The standard InChI is InChI=1S/C9H17N5O2/c1-13-9(7(6-10)8(11)16-12)14-2-4-15-5-3-14/h6,10-11,13H,2-5,12H2,1H3/b9-7-,10-6?,11-8?. The van der Waals surface area contributed by atoms with Gasteiger partial charge in [0.15, 0.2) is 0 Å². The van der Waals surface area contributed by atoms with Crippen molar-refractivity contribution < 1.29 is 9.57 Å². The molecule has 0 aliphatic carbocycles. The molecule has 0 radical (unpaired) electrons. The highest BCUT2D eigenvalue weighted by Gasteiger charge is 2.18. The van der Waals surface area contributed by atoms with Gasteiger partial charge in [-0.05, 0) is 0 Å². The summed E-state index contributed by atoms with van der Waals surface area (Å²) in [4.78, 5) is 6.35. The van der Waals surface area contributed by atoms with Crippen molar-refractivity contribution in [3.8, 4) is 0 Å². The fourth-order valence-electron chi connectivity index (χ4n) is 1.56. The van der Waals surface area contributed by atoms with E-state index in [2.05, 4.69) is 10.2 Å². The molecule has 0 saturated carbocycles. The maximum Gasteiger partial charge on any atom is 0.242 e. The number of nitrogens with one attached hydrogen (secondary N) is 3. The maximum atomic E-state index is 7.49. The molecule has 7 heteroatoms. The second kappa shape index (κ2) is 6.09. The van der Waals surface area contributed by atoms with E-state index < -0.39 is 0 Å². The highest BCUT2D eigenvalue weighted by atomic mass is 16.6. The molecular formula is C9H17N5O2. The molecule has 16 heavy (non-hydrogen) atoms. The van der Waals surface area contributed by atoms with Crippen LogP contribution in [-0.4, -0.2) is 50.4 Å². The predicted octanol–water partition coefficient (Wildman–Crippen LogP) is -0.733. The Hall–Kier alpha value is -1.60. The van der Waals surface area contributed by atoms with Crippen molar-refractivity contribution in [1.29, 1.82) is 10.8 Å². The number of hydrogen-bond donors (Lipinski definition) is 4. The molecule has 0 atom stereocenters. The third kappa shape index (κ3) is 2.71. The van der Waals surface area contributed by atoms with Crippen molar-refractivity contribution >= 4 is 12.1 Å². The van der Waals surface area contributed by atoms with Crippen molar-refractivity contribution in [2.75, 3.05) is 33.4 Å². The molecule has 0 aromatic carbocycles. The quantitative estimate of drug-likeness (QED) is 0.287. The Kier molecular flexibility index (Phi) is 4.74. The van der Waals surface area contributed by atoms with Gasteiger partial charge < -0.3 is 25.2 Å². The van der Waals surface area contributed by atoms with Crippen LogP contribution in [0.2, 0.25) is 0 Å². The van der Waals surface area contributed by atoms with Gasteiger partial charge in [-0.15, -0.1) is 0 Å². The zero-order chi connectivity index (χ0) is 12.0. The van der Waals surface area contributed by atoms with Gasteiger partial charge in [-0.1, -0.05) is 0 Å². The van der Waals surface area contributed by atoms with Gasteiger partial charge in [0.2, 0.25) is 5.90 Å². The molecule has 1 aliphatic heterocycles. The molecule has 0 amide bonds. The number of nitrogens with two attached hydrogens (primary N) is 1. The average molecular weight is 227 g/mol. The predicted molar refractivity (Wildman–Crippen MR) is 60.3 cm³/mol. The van der Waals surface area contributed by atoms with Crippen LogP contribution in [0.25, 0.3) is 0 Å². The summed E-state index contributed by atoms with van der Waals surface area (Å²) in [6, 6.07) is 0. The van der Waals surface area contributed by atoms with E-state index in [4.69, 9.17) is 21.5 Å². The molecule has 0 aromatic rings. The maximum absolute atomic E-state index is 7.49. The molecule has 1 fully saturated rings. The highest BCUT2D eigenvalue weighted by molar-refractivity contribution is 6.10. The van der Waals surface area contributed by atoms with Gasteiger partial charge in [0.1, 0.15) is 5.82 Å². The van der Waals surface area contributed by atoms with Crippen LogP contribution in [0.1, 0.15) is 0 Å². The van der Waals surface area contributed by atoms with Crippen LogP contribution in [0.3, 0.4) is 0 Å². The van der Waals surface area contributed by atoms with E-state index >= 15 is 0 Å². The van der Waals surface area contributed by atoms with Gasteiger partial charge in [0.05, 0.1) is 18.8 Å². The van der Waals surface area contributed by atoms with Crippen molar-refractivity contribution in [3.63, 3.8) is 0 Å². The number of hydrogen-bond acceptors (Lipinski definition) is 7. The van der Waals surface area contributed by atoms with Gasteiger partial charge in [0.25, 0.3) is 0 Å². The third-order valence-corrected chi connectivity index (χ3v) is 2.33. The molecule has 1 aliphatic rings. The second-order valence-corrected chi connectivity index (χ2v) is 3.20. The largest absolute Gasteiger partial charge is 0.391 e. The molecule has 0 bridgehead atoms. The minimum absolute atomic E-state index is 0.231. The SMILES string of the molecule is CN/C(=C(\C=N)C(=N)ON)N1CCOCC1. The van der Waals surface area contributed by atoms with E-state index in [9.17, 15) is 0 Å². The lowest BCUT2D eigenvalue weighted by molar-refractivity contribution is 0.0506. The first kappa shape index (κ1) is 12.5. The lowest BCUT2D eigenvalue weighted by Gasteiger charge is -2.31. The normalized spacial score (nSPS) is 17.5. The van der Waals surface area contributed by atoms with Crippen LogP contribution in [0, 0.1) is 10.8 Å². The molecule has 1 rings (SSSR count). The van der Waals surface area contributed by atoms with Gasteiger partial charge >= 0.3 is 0 Å². The Morgan fingerprint density at radius 2 is 2.12 bits per heavy atom. The number of nitrogens with zero attached hydrogens (tertiary/aromatic N) is 1. The average Bonchev–Trinajstić information content (AvgIpc) is 2.36.